The van der Waals surface area contributed by atoms with Crippen LogP contribution in [0.3, 0.4) is 0 Å². The first-order chi connectivity index (χ1) is 4.80. The Bertz CT molecular complexity index is 117. The summed E-state index contributed by atoms with van der Waals surface area (Å²) in [6.45, 7) is 0. The normalized spacial score (nSPS) is 27.4. The van der Waals surface area contributed by atoms with Crippen LogP contribution in [0.5, 0.6) is 0 Å². The van der Waals surface area contributed by atoms with E-state index in [4.69, 9.17) is 5.11 Å². The van der Waals surface area contributed by atoms with Crippen LogP contribution in [0.25, 0.3) is 0 Å². The van der Waals surface area contributed by atoms with Crippen molar-refractivity contribution in [2.75, 3.05) is 11.5 Å². The molecular weight excluding hydrogens is 148 g/mol. The van der Waals surface area contributed by atoms with E-state index in [2.05, 4.69) is 0 Å². The average molecular weight is 160 g/mol. The molecule has 1 rings (SSSR count). The number of carboxylic acids is 1. The molecule has 1 aliphatic rings. The van der Waals surface area contributed by atoms with E-state index >= 15 is 0 Å². The predicted molar refractivity (Wildman–Crippen MR) is 42.3 cm³/mol. The maximum absolute atomic E-state index is 10.5. The molecule has 10 heavy (non-hydrogen) atoms. The number of thioether (sulfide) groups is 1. The van der Waals surface area contributed by atoms with Gasteiger partial charge in [-0.25, -0.2) is 0 Å². The Labute approximate surface area is 65.0 Å². The number of aliphatic carboxylic acids is 1. The third kappa shape index (κ3) is 2.21. The van der Waals surface area contributed by atoms with Crippen LogP contribution in [0.15, 0.2) is 0 Å². The SMILES string of the molecule is O=C(O)[C@H]1CCCSCC1. The number of carbonyl (C=O) groups is 1. The van der Waals surface area contributed by atoms with Crippen LogP contribution in [-0.2, 0) is 4.79 Å². The first-order valence-electron chi connectivity index (χ1n) is 3.61. The van der Waals surface area contributed by atoms with E-state index in [1.807, 2.05) is 11.8 Å². The molecule has 0 aromatic heterocycles. The van der Waals surface area contributed by atoms with Crippen molar-refractivity contribution in [3.8, 4) is 0 Å². The summed E-state index contributed by atoms with van der Waals surface area (Å²) in [7, 11) is 0. The largest absolute Gasteiger partial charge is 0.481 e. The molecule has 0 saturated carbocycles. The molecule has 1 fully saturated rings. The number of carboxylic acid groups (broad SMARTS) is 1. The highest BCUT2D eigenvalue weighted by Crippen LogP contribution is 2.21. The van der Waals surface area contributed by atoms with Gasteiger partial charge in [-0.1, -0.05) is 0 Å². The zero-order valence-electron chi connectivity index (χ0n) is 5.88. The van der Waals surface area contributed by atoms with Crippen LogP contribution in [0.2, 0.25) is 0 Å². The van der Waals surface area contributed by atoms with Crippen LogP contribution in [0, 0.1) is 5.92 Å². The molecule has 0 aromatic rings. The summed E-state index contributed by atoms with van der Waals surface area (Å²) < 4.78 is 0. The molecule has 3 heteroatoms. The molecule has 0 aliphatic carbocycles. The minimum Gasteiger partial charge on any atom is -0.481 e. The summed E-state index contributed by atoms with van der Waals surface area (Å²) >= 11 is 1.87. The lowest BCUT2D eigenvalue weighted by atomic mass is 10.0. The van der Waals surface area contributed by atoms with Crippen LogP contribution in [-0.4, -0.2) is 22.6 Å². The zero-order chi connectivity index (χ0) is 7.40. The lowest BCUT2D eigenvalue weighted by Gasteiger charge is -2.05. The second-order valence-electron chi connectivity index (χ2n) is 2.58. The topological polar surface area (TPSA) is 37.3 Å². The van der Waals surface area contributed by atoms with E-state index in [0.717, 1.165) is 30.8 Å². The Hall–Kier alpha value is -0.180. The zero-order valence-corrected chi connectivity index (χ0v) is 6.69. The minimum absolute atomic E-state index is 0.0602. The van der Waals surface area contributed by atoms with Crippen molar-refractivity contribution in [2.24, 2.45) is 5.92 Å². The van der Waals surface area contributed by atoms with Gasteiger partial charge >= 0.3 is 5.97 Å². The Morgan fingerprint density at radius 3 is 2.90 bits per heavy atom. The smallest absolute Gasteiger partial charge is 0.306 e. The van der Waals surface area contributed by atoms with Gasteiger partial charge in [-0.15, -0.1) is 0 Å². The molecule has 0 radical (unpaired) electrons. The lowest BCUT2D eigenvalue weighted by molar-refractivity contribution is -0.142. The molecule has 0 bridgehead atoms. The Morgan fingerprint density at radius 2 is 2.20 bits per heavy atom. The standard InChI is InChI=1S/C7H12O2S/c8-7(9)6-2-1-4-10-5-3-6/h6H,1-5H2,(H,8,9)/t6-/m0/s1. The highest BCUT2D eigenvalue weighted by molar-refractivity contribution is 7.99. The van der Waals surface area contributed by atoms with Crippen molar-refractivity contribution < 1.29 is 9.90 Å². The van der Waals surface area contributed by atoms with Gasteiger partial charge in [0.15, 0.2) is 0 Å². The molecule has 1 aliphatic heterocycles. The number of hydrogen-bond donors (Lipinski definition) is 1. The van der Waals surface area contributed by atoms with E-state index in [-0.39, 0.29) is 5.92 Å². The van der Waals surface area contributed by atoms with Gasteiger partial charge in [0.2, 0.25) is 0 Å². The van der Waals surface area contributed by atoms with Gasteiger partial charge in [0, 0.05) is 0 Å². The monoisotopic (exact) mass is 160 g/mol. The number of rotatable bonds is 1. The van der Waals surface area contributed by atoms with Crippen LogP contribution in [0.1, 0.15) is 19.3 Å². The molecule has 1 saturated heterocycles. The molecule has 0 amide bonds. The van der Waals surface area contributed by atoms with Gasteiger partial charge in [-0.05, 0) is 30.8 Å². The van der Waals surface area contributed by atoms with Gasteiger partial charge < -0.3 is 5.11 Å². The Balaban J connectivity index is 2.35. The fourth-order valence-electron chi connectivity index (χ4n) is 1.15. The summed E-state index contributed by atoms with van der Waals surface area (Å²) in [5, 5.41) is 8.65. The van der Waals surface area contributed by atoms with E-state index in [1.54, 1.807) is 0 Å². The fraction of sp³-hybridized carbons (Fsp3) is 0.857. The predicted octanol–water partition coefficient (Wildman–Crippen LogP) is 1.60. The van der Waals surface area contributed by atoms with Gasteiger partial charge in [-0.2, -0.15) is 11.8 Å². The van der Waals surface area contributed by atoms with Gasteiger partial charge in [-0.3, -0.25) is 4.79 Å². The van der Waals surface area contributed by atoms with Crippen molar-refractivity contribution in [3.05, 3.63) is 0 Å². The molecule has 58 valence electrons. The summed E-state index contributed by atoms with van der Waals surface area (Å²) in [5.74, 6) is 1.50. The second kappa shape index (κ2) is 3.86. The maximum atomic E-state index is 10.5. The van der Waals surface area contributed by atoms with E-state index in [1.165, 1.54) is 0 Å². The fourth-order valence-corrected chi connectivity index (χ4v) is 2.18. The third-order valence-electron chi connectivity index (χ3n) is 1.80. The summed E-state index contributed by atoms with van der Waals surface area (Å²) in [5.41, 5.74) is 0. The van der Waals surface area contributed by atoms with Crippen molar-refractivity contribution in [1.82, 2.24) is 0 Å². The maximum Gasteiger partial charge on any atom is 0.306 e. The molecule has 0 spiro atoms. The quantitative estimate of drug-likeness (QED) is 0.633. The highest BCUT2D eigenvalue weighted by Gasteiger charge is 2.18. The van der Waals surface area contributed by atoms with Gasteiger partial charge in [0.25, 0.3) is 0 Å². The summed E-state index contributed by atoms with van der Waals surface area (Å²) in [6.07, 6.45) is 2.81. The molecule has 0 unspecified atom stereocenters. The molecule has 1 heterocycles. The first kappa shape index (κ1) is 7.92. The van der Waals surface area contributed by atoms with Gasteiger partial charge in [0.05, 0.1) is 5.92 Å². The van der Waals surface area contributed by atoms with Crippen LogP contribution < -0.4 is 0 Å². The van der Waals surface area contributed by atoms with Crippen LogP contribution >= 0.6 is 11.8 Å². The molecule has 1 N–H and O–H groups in total. The van der Waals surface area contributed by atoms with E-state index in [9.17, 15) is 4.79 Å². The molecular formula is C7H12O2S. The average Bonchev–Trinajstić information content (AvgIpc) is 2.12. The van der Waals surface area contributed by atoms with Crippen molar-refractivity contribution in [1.29, 1.82) is 0 Å². The minimum atomic E-state index is -0.609. The van der Waals surface area contributed by atoms with Crippen molar-refractivity contribution in [2.45, 2.75) is 19.3 Å². The Morgan fingerprint density at radius 1 is 1.40 bits per heavy atom. The molecule has 0 aromatic carbocycles. The van der Waals surface area contributed by atoms with Crippen molar-refractivity contribution >= 4 is 17.7 Å². The lowest BCUT2D eigenvalue weighted by Crippen LogP contribution is -2.12. The van der Waals surface area contributed by atoms with E-state index in [0.29, 0.717) is 0 Å². The first-order valence-corrected chi connectivity index (χ1v) is 4.76. The second-order valence-corrected chi connectivity index (χ2v) is 3.80. The van der Waals surface area contributed by atoms with Crippen LogP contribution in [0.4, 0.5) is 0 Å². The van der Waals surface area contributed by atoms with E-state index < -0.39 is 5.97 Å². The third-order valence-corrected chi connectivity index (χ3v) is 2.90. The molecule has 1 atom stereocenters. The summed E-state index contributed by atoms with van der Waals surface area (Å²) in [6, 6.07) is 0. The Kier molecular flexibility index (Phi) is 3.06. The molecule has 2 nitrogen and oxygen atoms in total. The number of hydrogen-bond acceptors (Lipinski definition) is 2. The van der Waals surface area contributed by atoms with Gasteiger partial charge in [0.1, 0.15) is 0 Å². The highest BCUT2D eigenvalue weighted by atomic mass is 32.2. The van der Waals surface area contributed by atoms with Crippen molar-refractivity contribution in [3.63, 3.8) is 0 Å². The summed E-state index contributed by atoms with van der Waals surface area (Å²) in [4.78, 5) is 10.5.